The summed E-state index contributed by atoms with van der Waals surface area (Å²) in [5.74, 6) is 1.10. The van der Waals surface area contributed by atoms with E-state index in [2.05, 4.69) is 53.1 Å². The summed E-state index contributed by atoms with van der Waals surface area (Å²) in [6.45, 7) is 12.9. The van der Waals surface area contributed by atoms with Crippen LogP contribution in [0.2, 0.25) is 0 Å². The average Bonchev–Trinajstić information content (AvgIpc) is 3.22. The summed E-state index contributed by atoms with van der Waals surface area (Å²) < 4.78 is 0. The summed E-state index contributed by atoms with van der Waals surface area (Å²) in [6.07, 6.45) is 8.36. The fourth-order valence-electron chi connectivity index (χ4n) is 3.32. The number of likely N-dealkylation sites (N-methyl/N-ethyl adjacent to an activating group) is 1. The molecule has 5 nitrogen and oxygen atoms in total. The third-order valence-electron chi connectivity index (χ3n) is 4.80. The first-order valence-electron chi connectivity index (χ1n) is 9.35. The number of nitrogens with zero attached hydrogens (tertiary/aromatic N) is 4. The van der Waals surface area contributed by atoms with E-state index in [9.17, 15) is 0 Å². The smallest absolute Gasteiger partial charge is 0.194 e. The topological polar surface area (TPSA) is 34.1 Å². The maximum absolute atomic E-state index is 4.86. The van der Waals surface area contributed by atoms with Crippen molar-refractivity contribution in [2.24, 2.45) is 4.99 Å². The molecule has 0 aliphatic carbocycles. The number of rotatable bonds is 8. The molecule has 2 rings (SSSR count). The van der Waals surface area contributed by atoms with Gasteiger partial charge in [-0.1, -0.05) is 25.5 Å². The fraction of sp³-hybridized carbons (Fsp3) is 0.833. The molecule has 0 aromatic carbocycles. The van der Waals surface area contributed by atoms with E-state index in [-0.39, 0.29) is 0 Å². The van der Waals surface area contributed by atoms with E-state index in [1.807, 2.05) is 0 Å². The van der Waals surface area contributed by atoms with Crippen molar-refractivity contribution in [3.63, 3.8) is 0 Å². The molecule has 0 bridgehead atoms. The molecule has 0 saturated carbocycles. The maximum Gasteiger partial charge on any atom is 0.194 e. The molecule has 1 N–H and O–H groups in total. The molecule has 1 atom stereocenters. The summed E-state index contributed by atoms with van der Waals surface area (Å²) in [7, 11) is 2.20. The Morgan fingerprint density at radius 2 is 2.04 bits per heavy atom. The minimum absolute atomic E-state index is 0.682. The van der Waals surface area contributed by atoms with E-state index in [0.717, 1.165) is 51.8 Å². The molecule has 0 aromatic rings. The molecule has 0 aromatic heterocycles. The normalized spacial score (nSPS) is 22.5. The molecule has 0 spiro atoms. The summed E-state index contributed by atoms with van der Waals surface area (Å²) in [4.78, 5) is 12.3. The number of guanidine groups is 1. The van der Waals surface area contributed by atoms with Gasteiger partial charge >= 0.3 is 0 Å². The number of aliphatic imine (C=N–C) groups is 1. The molecule has 1 fully saturated rings. The molecule has 23 heavy (non-hydrogen) atoms. The van der Waals surface area contributed by atoms with Gasteiger partial charge in [-0.05, 0) is 33.4 Å². The quantitative estimate of drug-likeness (QED) is 0.419. The molecule has 0 amide bonds. The van der Waals surface area contributed by atoms with Crippen molar-refractivity contribution in [3.05, 3.63) is 12.2 Å². The lowest BCUT2D eigenvalue weighted by Crippen LogP contribution is -2.43. The lowest BCUT2D eigenvalue weighted by Gasteiger charge is -2.25. The highest BCUT2D eigenvalue weighted by atomic mass is 15.3. The molecule has 2 heterocycles. The zero-order valence-corrected chi connectivity index (χ0v) is 15.3. The van der Waals surface area contributed by atoms with E-state index >= 15 is 0 Å². The van der Waals surface area contributed by atoms with E-state index in [1.54, 1.807) is 0 Å². The zero-order valence-electron chi connectivity index (χ0n) is 15.3. The van der Waals surface area contributed by atoms with Gasteiger partial charge < -0.3 is 15.1 Å². The minimum atomic E-state index is 0.682. The molecule has 1 saturated heterocycles. The van der Waals surface area contributed by atoms with Crippen LogP contribution in [0.1, 0.15) is 33.1 Å². The Balaban J connectivity index is 1.79. The monoisotopic (exact) mass is 321 g/mol. The van der Waals surface area contributed by atoms with E-state index in [4.69, 9.17) is 4.99 Å². The minimum Gasteiger partial charge on any atom is -0.357 e. The highest BCUT2D eigenvalue weighted by molar-refractivity contribution is 5.80. The Morgan fingerprint density at radius 1 is 1.26 bits per heavy atom. The second-order valence-electron chi connectivity index (χ2n) is 6.71. The Morgan fingerprint density at radius 3 is 2.74 bits per heavy atom. The summed E-state index contributed by atoms with van der Waals surface area (Å²) >= 11 is 0. The Hall–Kier alpha value is -1.07. The molecule has 5 heteroatoms. The van der Waals surface area contributed by atoms with Gasteiger partial charge in [-0.2, -0.15) is 0 Å². The molecular formula is C18H35N5. The van der Waals surface area contributed by atoms with Crippen molar-refractivity contribution in [1.29, 1.82) is 0 Å². The predicted octanol–water partition coefficient (Wildman–Crippen LogP) is 1.63. The Bertz CT molecular complexity index is 385. The third-order valence-corrected chi connectivity index (χ3v) is 4.80. The van der Waals surface area contributed by atoms with Gasteiger partial charge in [0.25, 0.3) is 0 Å². The van der Waals surface area contributed by atoms with Crippen molar-refractivity contribution >= 4 is 5.96 Å². The van der Waals surface area contributed by atoms with Crippen LogP contribution in [-0.2, 0) is 0 Å². The van der Waals surface area contributed by atoms with Gasteiger partial charge in [0.05, 0.1) is 6.54 Å². The Kier molecular flexibility index (Phi) is 7.89. The second kappa shape index (κ2) is 9.93. The van der Waals surface area contributed by atoms with Crippen molar-refractivity contribution in [1.82, 2.24) is 20.0 Å². The maximum atomic E-state index is 4.86. The average molecular weight is 322 g/mol. The van der Waals surface area contributed by atoms with Gasteiger partial charge in [0.15, 0.2) is 5.96 Å². The van der Waals surface area contributed by atoms with Gasteiger partial charge in [0, 0.05) is 45.3 Å². The van der Waals surface area contributed by atoms with Crippen molar-refractivity contribution in [3.8, 4) is 0 Å². The highest BCUT2D eigenvalue weighted by Gasteiger charge is 2.29. The van der Waals surface area contributed by atoms with Gasteiger partial charge in [0.2, 0.25) is 0 Å². The fourth-order valence-corrected chi connectivity index (χ4v) is 3.32. The molecular weight excluding hydrogens is 286 g/mol. The van der Waals surface area contributed by atoms with Crippen LogP contribution in [0.4, 0.5) is 0 Å². The predicted molar refractivity (Wildman–Crippen MR) is 99.1 cm³/mol. The van der Waals surface area contributed by atoms with Crippen LogP contribution >= 0.6 is 0 Å². The van der Waals surface area contributed by atoms with E-state index < -0.39 is 0 Å². The number of hydrogen-bond donors (Lipinski definition) is 1. The van der Waals surface area contributed by atoms with Crippen LogP contribution in [0.3, 0.4) is 0 Å². The first-order valence-corrected chi connectivity index (χ1v) is 9.35. The van der Waals surface area contributed by atoms with Crippen LogP contribution in [0.5, 0.6) is 0 Å². The lowest BCUT2D eigenvalue weighted by molar-refractivity contribution is 0.259. The molecule has 132 valence electrons. The number of likely N-dealkylation sites (tertiary alicyclic amines) is 1. The standard InChI is InChI=1S/C18H35N5/c1-4-6-11-21(3)15-10-20-18(19-5-2)23-14-9-17(16-23)22-12-7-8-13-22/h7-8,17H,4-6,9-16H2,1-3H3,(H,19,20). The number of hydrogen-bond acceptors (Lipinski definition) is 3. The van der Waals surface area contributed by atoms with Crippen LogP contribution in [0.25, 0.3) is 0 Å². The second-order valence-corrected chi connectivity index (χ2v) is 6.71. The summed E-state index contributed by atoms with van der Waals surface area (Å²) in [5.41, 5.74) is 0. The van der Waals surface area contributed by atoms with Gasteiger partial charge in [-0.25, -0.2) is 0 Å². The van der Waals surface area contributed by atoms with Crippen molar-refractivity contribution < 1.29 is 0 Å². The Labute approximate surface area is 142 Å². The molecule has 0 radical (unpaired) electrons. The van der Waals surface area contributed by atoms with E-state index in [0.29, 0.717) is 6.04 Å². The number of unbranched alkanes of at least 4 members (excludes halogenated alkanes) is 1. The molecule has 2 aliphatic heterocycles. The van der Waals surface area contributed by atoms with Crippen LogP contribution in [-0.4, -0.2) is 86.1 Å². The molecule has 2 aliphatic rings. The van der Waals surface area contributed by atoms with Gasteiger partial charge in [-0.15, -0.1) is 0 Å². The summed E-state index contributed by atoms with van der Waals surface area (Å²) in [5, 5.41) is 3.48. The number of nitrogens with one attached hydrogen (secondary N) is 1. The van der Waals surface area contributed by atoms with Crippen molar-refractivity contribution in [2.45, 2.75) is 39.2 Å². The molecule has 1 unspecified atom stereocenters. The SMILES string of the molecule is CCCCN(C)CCN=C(NCC)N1CCC(N2CC=CC2)C1. The van der Waals surface area contributed by atoms with Gasteiger partial charge in [-0.3, -0.25) is 9.89 Å². The largest absolute Gasteiger partial charge is 0.357 e. The van der Waals surface area contributed by atoms with Gasteiger partial charge in [0.1, 0.15) is 0 Å². The van der Waals surface area contributed by atoms with Crippen LogP contribution < -0.4 is 5.32 Å². The van der Waals surface area contributed by atoms with Crippen molar-refractivity contribution in [2.75, 3.05) is 59.4 Å². The highest BCUT2D eigenvalue weighted by Crippen LogP contribution is 2.17. The van der Waals surface area contributed by atoms with E-state index in [1.165, 1.54) is 25.8 Å². The lowest BCUT2D eigenvalue weighted by atomic mass is 10.2. The van der Waals surface area contributed by atoms with Crippen LogP contribution in [0.15, 0.2) is 17.1 Å². The first kappa shape index (κ1) is 18.3. The first-order chi connectivity index (χ1) is 11.2. The zero-order chi connectivity index (χ0) is 16.5. The third kappa shape index (κ3) is 5.81. The van der Waals surface area contributed by atoms with Crippen LogP contribution in [0, 0.1) is 0 Å². The summed E-state index contributed by atoms with van der Waals surface area (Å²) in [6, 6.07) is 0.682.